The van der Waals surface area contributed by atoms with Crippen LogP contribution in [0.1, 0.15) is 39.0 Å². The smallest absolute Gasteiger partial charge is 0.0568 e. The van der Waals surface area contributed by atoms with Crippen LogP contribution in [-0.4, -0.2) is 11.2 Å². The first kappa shape index (κ1) is 7.07. The lowest BCUT2D eigenvalue weighted by molar-refractivity contribution is 0.127. The molecule has 0 saturated heterocycles. The second kappa shape index (κ2) is 3.21. The van der Waals surface area contributed by atoms with Crippen LogP contribution in [-0.2, 0) is 0 Å². The van der Waals surface area contributed by atoms with E-state index < -0.39 is 0 Å². The average molecular weight is 128 g/mol. The second-order valence-corrected chi connectivity index (χ2v) is 3.05. The summed E-state index contributed by atoms with van der Waals surface area (Å²) in [6.45, 7) is 2.19. The fourth-order valence-corrected chi connectivity index (χ4v) is 1.72. The van der Waals surface area contributed by atoms with Crippen LogP contribution < -0.4 is 0 Å². The number of rotatable bonds is 2. The predicted molar refractivity (Wildman–Crippen MR) is 38.3 cm³/mol. The summed E-state index contributed by atoms with van der Waals surface area (Å²) in [5.74, 6) is 0.634. The molecule has 1 aliphatic rings. The number of aliphatic hydroxyl groups excluding tert-OH is 1. The summed E-state index contributed by atoms with van der Waals surface area (Å²) in [4.78, 5) is 0. The SMILES string of the molecule is CCC[C@H]1CCCC1O. The molecular formula is C8H16O. The molecule has 1 aliphatic carbocycles. The van der Waals surface area contributed by atoms with Gasteiger partial charge in [0.2, 0.25) is 0 Å². The highest BCUT2D eigenvalue weighted by molar-refractivity contribution is 4.75. The Morgan fingerprint density at radius 1 is 1.44 bits per heavy atom. The Bertz CT molecular complexity index is 80.6. The molecule has 1 N–H and O–H groups in total. The predicted octanol–water partition coefficient (Wildman–Crippen LogP) is 1.95. The molecule has 1 fully saturated rings. The highest BCUT2D eigenvalue weighted by Crippen LogP contribution is 2.28. The molecule has 0 aliphatic heterocycles. The summed E-state index contributed by atoms with van der Waals surface area (Å²) in [5.41, 5.74) is 0. The van der Waals surface area contributed by atoms with Gasteiger partial charge in [-0.05, 0) is 25.2 Å². The molecule has 0 radical (unpaired) electrons. The van der Waals surface area contributed by atoms with Crippen LogP contribution in [0.15, 0.2) is 0 Å². The molecule has 0 amide bonds. The Morgan fingerprint density at radius 3 is 2.67 bits per heavy atom. The normalized spacial score (nSPS) is 35.3. The minimum absolute atomic E-state index is 0.0324. The van der Waals surface area contributed by atoms with Crippen molar-refractivity contribution in [3.63, 3.8) is 0 Å². The molecule has 0 aromatic heterocycles. The van der Waals surface area contributed by atoms with Crippen LogP contribution in [0.5, 0.6) is 0 Å². The maximum atomic E-state index is 9.32. The van der Waals surface area contributed by atoms with E-state index >= 15 is 0 Å². The molecule has 0 heterocycles. The number of hydrogen-bond acceptors (Lipinski definition) is 1. The fourth-order valence-electron chi connectivity index (χ4n) is 1.72. The molecule has 0 aromatic rings. The van der Waals surface area contributed by atoms with E-state index in [1.807, 2.05) is 0 Å². The lowest BCUT2D eigenvalue weighted by Gasteiger charge is -2.11. The molecule has 1 rings (SSSR count). The van der Waals surface area contributed by atoms with Gasteiger partial charge in [0.15, 0.2) is 0 Å². The molecule has 2 atom stereocenters. The third-order valence-corrected chi connectivity index (χ3v) is 2.28. The Balaban J connectivity index is 2.22. The lowest BCUT2D eigenvalue weighted by Crippen LogP contribution is -2.11. The zero-order valence-corrected chi connectivity index (χ0v) is 6.14. The van der Waals surface area contributed by atoms with E-state index in [1.165, 1.54) is 25.7 Å². The third-order valence-electron chi connectivity index (χ3n) is 2.28. The van der Waals surface area contributed by atoms with Crippen molar-refractivity contribution in [1.82, 2.24) is 0 Å². The first-order valence-corrected chi connectivity index (χ1v) is 4.02. The van der Waals surface area contributed by atoms with E-state index in [0.29, 0.717) is 5.92 Å². The van der Waals surface area contributed by atoms with Crippen molar-refractivity contribution in [2.75, 3.05) is 0 Å². The van der Waals surface area contributed by atoms with Gasteiger partial charge in [-0.3, -0.25) is 0 Å². The molecule has 1 saturated carbocycles. The van der Waals surface area contributed by atoms with Gasteiger partial charge < -0.3 is 5.11 Å². The zero-order valence-electron chi connectivity index (χ0n) is 6.14. The Hall–Kier alpha value is -0.0400. The van der Waals surface area contributed by atoms with Gasteiger partial charge in [0.25, 0.3) is 0 Å². The minimum Gasteiger partial charge on any atom is -0.393 e. The largest absolute Gasteiger partial charge is 0.393 e. The van der Waals surface area contributed by atoms with E-state index in [4.69, 9.17) is 0 Å². The molecular weight excluding hydrogens is 112 g/mol. The van der Waals surface area contributed by atoms with Crippen LogP contribution in [0.2, 0.25) is 0 Å². The summed E-state index contributed by atoms with van der Waals surface area (Å²) in [6.07, 6.45) is 6.03. The van der Waals surface area contributed by atoms with E-state index in [9.17, 15) is 5.11 Å². The van der Waals surface area contributed by atoms with Gasteiger partial charge in [-0.25, -0.2) is 0 Å². The second-order valence-electron chi connectivity index (χ2n) is 3.05. The van der Waals surface area contributed by atoms with Crippen LogP contribution in [0, 0.1) is 5.92 Å². The lowest BCUT2D eigenvalue weighted by atomic mass is 10.0. The molecule has 0 spiro atoms. The van der Waals surface area contributed by atoms with Gasteiger partial charge >= 0.3 is 0 Å². The standard InChI is InChI=1S/C8H16O/c1-2-4-7-5-3-6-8(7)9/h7-9H,2-6H2,1H3/t7-,8?/m0/s1. The van der Waals surface area contributed by atoms with E-state index in [1.54, 1.807) is 0 Å². The van der Waals surface area contributed by atoms with Crippen LogP contribution in [0.3, 0.4) is 0 Å². The molecule has 1 heteroatoms. The summed E-state index contributed by atoms with van der Waals surface area (Å²) < 4.78 is 0. The summed E-state index contributed by atoms with van der Waals surface area (Å²) >= 11 is 0. The molecule has 0 aromatic carbocycles. The van der Waals surface area contributed by atoms with E-state index in [0.717, 1.165) is 6.42 Å². The Morgan fingerprint density at radius 2 is 2.22 bits per heavy atom. The van der Waals surface area contributed by atoms with Crippen molar-refractivity contribution in [2.45, 2.75) is 45.1 Å². The quantitative estimate of drug-likeness (QED) is 0.602. The topological polar surface area (TPSA) is 20.2 Å². The van der Waals surface area contributed by atoms with Gasteiger partial charge in [0.05, 0.1) is 6.10 Å². The fraction of sp³-hybridized carbons (Fsp3) is 1.00. The Kier molecular flexibility index (Phi) is 2.52. The highest BCUT2D eigenvalue weighted by atomic mass is 16.3. The van der Waals surface area contributed by atoms with Crippen molar-refractivity contribution in [3.05, 3.63) is 0 Å². The van der Waals surface area contributed by atoms with Gasteiger partial charge in [-0.1, -0.05) is 19.8 Å². The molecule has 1 nitrogen and oxygen atoms in total. The first-order valence-electron chi connectivity index (χ1n) is 4.02. The first-order chi connectivity index (χ1) is 4.34. The average Bonchev–Trinajstić information content (AvgIpc) is 2.18. The van der Waals surface area contributed by atoms with Gasteiger partial charge in [0.1, 0.15) is 0 Å². The third kappa shape index (κ3) is 1.68. The maximum absolute atomic E-state index is 9.32. The Labute approximate surface area is 57.1 Å². The molecule has 54 valence electrons. The van der Waals surface area contributed by atoms with Crippen LogP contribution in [0.4, 0.5) is 0 Å². The van der Waals surface area contributed by atoms with Crippen molar-refractivity contribution < 1.29 is 5.11 Å². The monoisotopic (exact) mass is 128 g/mol. The van der Waals surface area contributed by atoms with Crippen LogP contribution >= 0.6 is 0 Å². The summed E-state index contributed by atoms with van der Waals surface area (Å²) in [6, 6.07) is 0. The van der Waals surface area contributed by atoms with Gasteiger partial charge in [-0.15, -0.1) is 0 Å². The van der Waals surface area contributed by atoms with Crippen molar-refractivity contribution in [1.29, 1.82) is 0 Å². The summed E-state index contributed by atoms with van der Waals surface area (Å²) in [5, 5.41) is 9.32. The summed E-state index contributed by atoms with van der Waals surface area (Å²) in [7, 11) is 0. The van der Waals surface area contributed by atoms with E-state index in [-0.39, 0.29) is 6.10 Å². The molecule has 0 bridgehead atoms. The number of aliphatic hydroxyl groups is 1. The molecule has 9 heavy (non-hydrogen) atoms. The van der Waals surface area contributed by atoms with Gasteiger partial charge in [0, 0.05) is 0 Å². The highest BCUT2D eigenvalue weighted by Gasteiger charge is 2.23. The number of hydrogen-bond donors (Lipinski definition) is 1. The molecule has 1 unspecified atom stereocenters. The van der Waals surface area contributed by atoms with Crippen LogP contribution in [0.25, 0.3) is 0 Å². The minimum atomic E-state index is 0.0324. The maximum Gasteiger partial charge on any atom is 0.0568 e. The van der Waals surface area contributed by atoms with E-state index in [2.05, 4.69) is 6.92 Å². The van der Waals surface area contributed by atoms with Crippen molar-refractivity contribution in [3.8, 4) is 0 Å². The van der Waals surface area contributed by atoms with Crippen molar-refractivity contribution in [2.24, 2.45) is 5.92 Å². The zero-order chi connectivity index (χ0) is 6.69. The van der Waals surface area contributed by atoms with Gasteiger partial charge in [-0.2, -0.15) is 0 Å². The van der Waals surface area contributed by atoms with Crippen molar-refractivity contribution >= 4 is 0 Å².